The summed E-state index contributed by atoms with van der Waals surface area (Å²) in [7, 11) is 0. The van der Waals surface area contributed by atoms with Crippen molar-refractivity contribution in [1.82, 2.24) is 0 Å². The number of hydrogen-bond donors (Lipinski definition) is 19. The first-order chi connectivity index (χ1) is 49.6. The zero-order valence-corrected chi connectivity index (χ0v) is 60.5. The number of aliphatic hydroxyl groups excluding tert-OH is 18. The normalized spacial score (nSPS) is 55.4. The molecule has 12 aliphatic rings. The van der Waals surface area contributed by atoms with Gasteiger partial charge in [-0.25, -0.2) is 4.79 Å². The lowest BCUT2D eigenvalue weighted by Gasteiger charge is -2.71. The summed E-state index contributed by atoms with van der Waals surface area (Å²) in [4.78, 5) is 43.1. The van der Waals surface area contributed by atoms with Crippen molar-refractivity contribution in [2.75, 3.05) is 19.8 Å². The van der Waals surface area contributed by atoms with Crippen molar-refractivity contribution >= 4 is 18.2 Å². The highest BCUT2D eigenvalue weighted by molar-refractivity contribution is 5.80. The lowest BCUT2D eigenvalue weighted by Crippen LogP contribution is -2.69. The molecule has 43 atom stereocenters. The average molecular weight is 1530 g/mol. The van der Waals surface area contributed by atoms with Gasteiger partial charge < -0.3 is 168 Å². The summed E-state index contributed by atoms with van der Waals surface area (Å²) in [6.45, 7) is 14.5. The van der Waals surface area contributed by atoms with Gasteiger partial charge in [-0.05, 0) is 118 Å². The van der Waals surface area contributed by atoms with Gasteiger partial charge in [0.2, 0.25) is 6.29 Å². The molecular weight excluding hydrogens is 1420 g/mol. The Labute approximate surface area is 610 Å². The van der Waals surface area contributed by atoms with Crippen LogP contribution in [0.25, 0.3) is 0 Å². The molecule has 12 rings (SSSR count). The Morgan fingerprint density at radius 3 is 1.61 bits per heavy atom. The van der Waals surface area contributed by atoms with Crippen LogP contribution < -0.4 is 0 Å². The Kier molecular flexibility index (Phi) is 24.0. The highest BCUT2D eigenvalue weighted by Crippen LogP contribution is 2.76. The van der Waals surface area contributed by atoms with Gasteiger partial charge in [0.25, 0.3) is 0 Å². The van der Waals surface area contributed by atoms with E-state index >= 15 is 4.79 Å². The molecular formula is C70H110O36. The van der Waals surface area contributed by atoms with Crippen molar-refractivity contribution in [2.45, 2.75) is 335 Å². The molecule has 7 saturated heterocycles. The Bertz CT molecular complexity index is 3120. The molecule has 106 heavy (non-hydrogen) atoms. The fourth-order valence-corrected chi connectivity index (χ4v) is 20.2. The molecule has 0 aromatic heterocycles. The first-order valence-corrected chi connectivity index (χ1v) is 36.9. The molecule has 4 saturated carbocycles. The van der Waals surface area contributed by atoms with Crippen LogP contribution in [0, 0.1) is 50.2 Å². The molecule has 0 amide bonds. The molecule has 0 aromatic rings. The van der Waals surface area contributed by atoms with Gasteiger partial charge in [0.1, 0.15) is 146 Å². The Morgan fingerprint density at radius 1 is 0.491 bits per heavy atom. The number of carbonyl (C=O) groups excluding carboxylic acids is 2. The molecule has 36 nitrogen and oxygen atoms in total. The molecule has 7 aliphatic heterocycles. The summed E-state index contributed by atoms with van der Waals surface area (Å²) in [6.07, 6.45) is -55.8. The zero-order valence-electron chi connectivity index (χ0n) is 60.5. The molecule has 0 bridgehead atoms. The van der Waals surface area contributed by atoms with E-state index in [1.165, 1.54) is 20.8 Å². The quantitative estimate of drug-likeness (QED) is 0.0279. The van der Waals surface area contributed by atoms with Crippen LogP contribution in [0.1, 0.15) is 120 Å². The third-order valence-corrected chi connectivity index (χ3v) is 26.8. The monoisotopic (exact) mass is 1530 g/mol. The second kappa shape index (κ2) is 30.8. The second-order valence-electron chi connectivity index (χ2n) is 33.6. The average Bonchev–Trinajstić information content (AvgIpc) is 0.670. The molecule has 11 fully saturated rings. The van der Waals surface area contributed by atoms with Crippen LogP contribution in [0.5, 0.6) is 0 Å². The Morgan fingerprint density at radius 2 is 1.01 bits per heavy atom. The van der Waals surface area contributed by atoms with Crippen molar-refractivity contribution in [1.29, 1.82) is 0 Å². The number of esters is 1. The van der Waals surface area contributed by atoms with E-state index in [4.69, 9.17) is 66.3 Å². The minimum atomic E-state index is -2.23. The Balaban J connectivity index is 0.806. The maximum atomic E-state index is 15.8. The van der Waals surface area contributed by atoms with Gasteiger partial charge >= 0.3 is 11.9 Å². The van der Waals surface area contributed by atoms with Gasteiger partial charge in [-0.2, -0.15) is 0 Å². The number of rotatable bonds is 17. The summed E-state index contributed by atoms with van der Waals surface area (Å²) < 4.78 is 84.5. The topological polar surface area (TPSA) is 565 Å². The number of allylic oxidation sites excluding steroid dienone is 2. The molecule has 43 unspecified atom stereocenters. The fraction of sp³-hybridized carbons (Fsp3) is 0.929. The summed E-state index contributed by atoms with van der Waals surface area (Å²) in [6, 6.07) is 0. The van der Waals surface area contributed by atoms with Crippen LogP contribution in [-0.2, 0) is 80.7 Å². The fourth-order valence-electron chi connectivity index (χ4n) is 20.2. The predicted molar refractivity (Wildman–Crippen MR) is 347 cm³/mol. The number of carbonyl (C=O) groups is 3. The van der Waals surface area contributed by atoms with Gasteiger partial charge in [-0.3, -0.25) is 4.79 Å². The molecule has 0 spiro atoms. The molecule has 7 heterocycles. The van der Waals surface area contributed by atoms with Crippen LogP contribution in [0.2, 0.25) is 0 Å². The first kappa shape index (κ1) is 82.6. The first-order valence-electron chi connectivity index (χ1n) is 36.9. The van der Waals surface area contributed by atoms with Crippen LogP contribution >= 0.6 is 0 Å². The number of aliphatic carboxylic acids is 1. The maximum Gasteiger partial charge on any atom is 0.335 e. The standard InChI is InChI=1S/C70H110O36/c1-24-36(76)40(80)45(85)59(95-24)103-53-49(89)62(97-26(3)51(53)101-60-47(87)42(82)50(25(2)96-60)100-57-43(83)37(77)29(73)21-93-57)106-64(92)70-17-16-65(4,5)18-28(70)27-10-11-33-66(6)14-13-35(67(7,23-72)32(66)12-15-68(33,8)69(27,9)19-34(70)75)99-63-55(105-61-46(86)41(81)39(79)31(20-71)98-61)52(48(88)54(104-63)56(90)91)102-58-44(84)38(78)30(74)22-94-58/h10,23-26,28-55,57-63,71,73-89H,11-22H2,1-9H3,(H,90,91). The van der Waals surface area contributed by atoms with E-state index in [1.807, 2.05) is 0 Å². The van der Waals surface area contributed by atoms with Gasteiger partial charge in [-0.15, -0.1) is 0 Å². The predicted octanol–water partition coefficient (Wildman–Crippen LogP) is -5.96. The van der Waals surface area contributed by atoms with Crippen LogP contribution in [0.3, 0.4) is 0 Å². The summed E-state index contributed by atoms with van der Waals surface area (Å²) >= 11 is 0. The molecule has 5 aliphatic carbocycles. The third-order valence-electron chi connectivity index (χ3n) is 26.8. The minimum absolute atomic E-state index is 0.0288. The molecule has 0 radical (unpaired) electrons. The van der Waals surface area contributed by atoms with Crippen LogP contribution in [0.4, 0.5) is 0 Å². The Hall–Kier alpha value is -2.89. The molecule has 0 aromatic carbocycles. The summed E-state index contributed by atoms with van der Waals surface area (Å²) in [5.74, 6) is -4.10. The van der Waals surface area contributed by atoms with E-state index in [-0.39, 0.29) is 25.2 Å². The lowest BCUT2D eigenvalue weighted by atomic mass is 9.33. The van der Waals surface area contributed by atoms with E-state index in [0.29, 0.717) is 38.5 Å². The van der Waals surface area contributed by atoms with Gasteiger partial charge in [0.15, 0.2) is 43.8 Å². The van der Waals surface area contributed by atoms with Crippen LogP contribution in [-0.4, -0.2) is 350 Å². The number of hydrogen-bond acceptors (Lipinski definition) is 35. The smallest absolute Gasteiger partial charge is 0.335 e. The number of ether oxygens (including phenoxy) is 14. The number of fused-ring (bicyclic) bond motifs is 7. The highest BCUT2D eigenvalue weighted by Gasteiger charge is 2.73. The molecule has 36 heteroatoms. The van der Waals surface area contributed by atoms with Gasteiger partial charge in [0.05, 0.1) is 55.8 Å². The van der Waals surface area contributed by atoms with Crippen molar-refractivity contribution in [3.63, 3.8) is 0 Å². The van der Waals surface area contributed by atoms with Gasteiger partial charge in [0, 0.05) is 0 Å². The second-order valence-corrected chi connectivity index (χ2v) is 33.6. The maximum absolute atomic E-state index is 15.8. The summed E-state index contributed by atoms with van der Waals surface area (Å²) in [5.41, 5.74) is -4.89. The number of aliphatic hydroxyl groups is 18. The van der Waals surface area contributed by atoms with Crippen molar-refractivity contribution in [3.8, 4) is 0 Å². The van der Waals surface area contributed by atoms with Crippen molar-refractivity contribution < 1.29 is 178 Å². The summed E-state index contributed by atoms with van der Waals surface area (Å²) in [5, 5.41) is 210. The van der Waals surface area contributed by atoms with E-state index in [0.717, 1.165) is 11.9 Å². The third kappa shape index (κ3) is 14.0. The van der Waals surface area contributed by atoms with E-state index < -0.39 is 291 Å². The number of carboxylic acids is 1. The highest BCUT2D eigenvalue weighted by atomic mass is 16.8. The van der Waals surface area contributed by atoms with Gasteiger partial charge in [-0.1, -0.05) is 53.2 Å². The largest absolute Gasteiger partial charge is 0.479 e. The number of carboxylic acid groups (broad SMARTS) is 1. The number of aldehydes is 1. The van der Waals surface area contributed by atoms with Crippen molar-refractivity contribution in [2.24, 2.45) is 50.2 Å². The molecule has 19 N–H and O–H groups in total. The van der Waals surface area contributed by atoms with Crippen LogP contribution in [0.15, 0.2) is 11.6 Å². The minimum Gasteiger partial charge on any atom is -0.479 e. The lowest BCUT2D eigenvalue weighted by molar-refractivity contribution is -0.391. The van der Waals surface area contributed by atoms with E-state index in [2.05, 4.69) is 40.7 Å². The van der Waals surface area contributed by atoms with E-state index in [1.54, 1.807) is 6.92 Å². The van der Waals surface area contributed by atoms with E-state index in [9.17, 15) is 107 Å². The zero-order chi connectivity index (χ0) is 77.5. The van der Waals surface area contributed by atoms with Crippen molar-refractivity contribution in [3.05, 3.63) is 11.6 Å². The molecule has 606 valence electrons. The SMILES string of the molecule is CC1OC(OC2C(O)C(OC(=O)C34CCC(C)(C)CC3C3=CCC5C6(C)CCC(OC7OC(C(=O)O)C(O)C(OC8OCC(O)C(O)C8O)C7OC7OC(CO)C(O)C(O)C7O)C(C)(C=O)C6CCC5(C)C3(C)CC4O)OC(C)C2OC2OC(C)C(OC3OCC(O)C(O)C3O)C(O)C2O)C(O)C(O)C1O.